The van der Waals surface area contributed by atoms with E-state index in [0.29, 0.717) is 18.6 Å². The normalized spacial score (nSPS) is 14.6. The molecule has 1 aliphatic rings. The van der Waals surface area contributed by atoms with Crippen LogP contribution in [-0.4, -0.2) is 49.0 Å². The van der Waals surface area contributed by atoms with Gasteiger partial charge in [0.1, 0.15) is 6.61 Å². The molecule has 1 saturated heterocycles. The number of amides is 1. The topological polar surface area (TPSA) is 72.9 Å². The molecule has 0 aliphatic carbocycles. The number of carbonyl (C=O) groups is 3. The summed E-state index contributed by atoms with van der Waals surface area (Å²) in [6.07, 6.45) is 6.09. The number of hydrogen-bond donors (Lipinski definition) is 0. The molecule has 1 aliphatic heterocycles. The Balaban J connectivity index is 0. The van der Waals surface area contributed by atoms with Gasteiger partial charge in [-0.15, -0.1) is 0 Å². The van der Waals surface area contributed by atoms with Gasteiger partial charge in [-0.1, -0.05) is 33.4 Å². The fraction of sp³-hybridized carbons (Fsp3) is 0.792. The molecule has 1 rings (SSSR count). The Hall–Kier alpha value is -1.85. The lowest BCUT2D eigenvalue weighted by Crippen LogP contribution is -2.33. The highest BCUT2D eigenvalue weighted by atomic mass is 16.5. The van der Waals surface area contributed by atoms with Crippen LogP contribution >= 0.6 is 0 Å². The average Bonchev–Trinajstić information content (AvgIpc) is 3.17. The second-order valence-corrected chi connectivity index (χ2v) is 8.80. The predicted molar refractivity (Wildman–Crippen MR) is 122 cm³/mol. The zero-order chi connectivity index (χ0) is 24.0. The predicted octanol–water partition coefficient (Wildman–Crippen LogP) is 5.15. The first-order valence-corrected chi connectivity index (χ1v) is 11.0. The molecule has 1 fully saturated rings. The van der Waals surface area contributed by atoms with Gasteiger partial charge in [-0.3, -0.25) is 14.4 Å². The Morgan fingerprint density at radius 2 is 1.60 bits per heavy atom. The van der Waals surface area contributed by atoms with E-state index in [1.807, 2.05) is 46.4 Å². The summed E-state index contributed by atoms with van der Waals surface area (Å²) < 4.78 is 9.46. The zero-order valence-electron chi connectivity index (χ0n) is 20.8. The van der Waals surface area contributed by atoms with Crippen molar-refractivity contribution in [2.75, 3.05) is 20.3 Å². The van der Waals surface area contributed by atoms with Gasteiger partial charge in [-0.2, -0.15) is 0 Å². The van der Waals surface area contributed by atoms with Crippen LogP contribution in [0, 0.1) is 10.8 Å². The van der Waals surface area contributed by atoms with Crippen molar-refractivity contribution in [3.05, 3.63) is 12.7 Å². The number of likely N-dealkylation sites (tertiary alicyclic amines) is 1. The Labute approximate surface area is 184 Å². The first kappa shape index (κ1) is 30.3. The van der Waals surface area contributed by atoms with E-state index >= 15 is 0 Å². The average molecular weight is 428 g/mol. The maximum atomic E-state index is 11.2. The molecule has 1 heterocycles. The van der Waals surface area contributed by atoms with Crippen LogP contribution in [0.15, 0.2) is 12.7 Å². The summed E-state index contributed by atoms with van der Waals surface area (Å²) in [6.45, 7) is 20.4. The van der Waals surface area contributed by atoms with E-state index in [-0.39, 0.29) is 22.8 Å². The SMILES string of the molecule is C=CCOC(=O)C(C)(C)CC.CCC(C)(C)C(=O)OC.CCC(C)N1CCCC1=O. The van der Waals surface area contributed by atoms with Crippen molar-refractivity contribution in [1.29, 1.82) is 0 Å². The third-order valence-electron chi connectivity index (χ3n) is 5.62. The number of nitrogens with zero attached hydrogens (tertiary/aromatic N) is 1. The van der Waals surface area contributed by atoms with Crippen LogP contribution in [0.1, 0.15) is 87.5 Å². The van der Waals surface area contributed by atoms with Crippen LogP contribution in [0.25, 0.3) is 0 Å². The minimum Gasteiger partial charge on any atom is -0.469 e. The molecule has 0 bridgehead atoms. The third-order valence-corrected chi connectivity index (χ3v) is 5.62. The molecule has 1 unspecified atom stereocenters. The van der Waals surface area contributed by atoms with Gasteiger partial charge in [0.15, 0.2) is 0 Å². The van der Waals surface area contributed by atoms with Crippen molar-refractivity contribution in [2.45, 2.75) is 93.5 Å². The Kier molecular flexibility index (Phi) is 15.2. The van der Waals surface area contributed by atoms with Crippen LogP contribution in [0.4, 0.5) is 0 Å². The lowest BCUT2D eigenvalue weighted by molar-refractivity contribution is -0.153. The van der Waals surface area contributed by atoms with E-state index < -0.39 is 0 Å². The molecule has 6 nitrogen and oxygen atoms in total. The van der Waals surface area contributed by atoms with Crippen LogP contribution in [0.5, 0.6) is 0 Å². The highest BCUT2D eigenvalue weighted by Crippen LogP contribution is 2.21. The van der Waals surface area contributed by atoms with Crippen LogP contribution in [-0.2, 0) is 23.9 Å². The summed E-state index contributed by atoms with van der Waals surface area (Å²) in [5.74, 6) is 0.0549. The number of carbonyl (C=O) groups excluding carboxylic acids is 3. The highest BCUT2D eigenvalue weighted by Gasteiger charge is 2.27. The molecule has 0 radical (unpaired) electrons. The summed E-state index contributed by atoms with van der Waals surface area (Å²) in [5.41, 5.74) is -0.669. The number of methoxy groups -OCH3 is 1. The van der Waals surface area contributed by atoms with Gasteiger partial charge in [0.25, 0.3) is 0 Å². The maximum absolute atomic E-state index is 11.2. The fourth-order valence-corrected chi connectivity index (χ4v) is 2.25. The van der Waals surface area contributed by atoms with E-state index in [1.54, 1.807) is 6.08 Å². The van der Waals surface area contributed by atoms with E-state index in [1.165, 1.54) is 7.11 Å². The van der Waals surface area contributed by atoms with Crippen molar-refractivity contribution in [3.63, 3.8) is 0 Å². The molecule has 0 N–H and O–H groups in total. The molecule has 6 heteroatoms. The van der Waals surface area contributed by atoms with E-state index in [0.717, 1.165) is 38.6 Å². The van der Waals surface area contributed by atoms with Gasteiger partial charge < -0.3 is 14.4 Å². The standard InChI is InChI=1S/C9H16O2.C8H15NO.C7H14O2/c1-5-7-11-8(10)9(3,4)6-2;1-3-7(2)9-6-4-5-8(9)10;1-5-7(2,3)6(8)9-4/h5H,1,6-7H2,2-4H3;7H,3-6H2,1-2H3;5H2,1-4H3. The summed E-state index contributed by atoms with van der Waals surface area (Å²) in [7, 11) is 1.42. The largest absolute Gasteiger partial charge is 0.469 e. The van der Waals surface area contributed by atoms with Crippen molar-refractivity contribution < 1.29 is 23.9 Å². The zero-order valence-corrected chi connectivity index (χ0v) is 20.8. The van der Waals surface area contributed by atoms with Gasteiger partial charge in [0, 0.05) is 19.0 Å². The Morgan fingerprint density at radius 3 is 1.90 bits per heavy atom. The Morgan fingerprint density at radius 1 is 1.10 bits per heavy atom. The molecule has 0 aromatic heterocycles. The minimum atomic E-state index is -0.358. The van der Waals surface area contributed by atoms with Crippen molar-refractivity contribution >= 4 is 17.8 Å². The lowest BCUT2D eigenvalue weighted by atomic mass is 9.91. The number of hydrogen-bond acceptors (Lipinski definition) is 5. The quantitative estimate of drug-likeness (QED) is 0.395. The number of esters is 2. The molecule has 0 spiro atoms. The van der Waals surface area contributed by atoms with Crippen LogP contribution in [0.3, 0.4) is 0 Å². The molecular weight excluding hydrogens is 382 g/mol. The number of ether oxygens (including phenoxy) is 2. The van der Waals surface area contributed by atoms with Gasteiger partial charge in [0.2, 0.25) is 5.91 Å². The molecule has 0 aromatic carbocycles. The summed E-state index contributed by atoms with van der Waals surface area (Å²) in [5, 5.41) is 0. The van der Waals surface area contributed by atoms with E-state index in [2.05, 4.69) is 25.2 Å². The number of rotatable bonds is 8. The van der Waals surface area contributed by atoms with Gasteiger partial charge in [-0.25, -0.2) is 0 Å². The lowest BCUT2D eigenvalue weighted by Gasteiger charge is -2.22. The Bertz CT molecular complexity index is 540. The summed E-state index contributed by atoms with van der Waals surface area (Å²) >= 11 is 0. The van der Waals surface area contributed by atoms with E-state index in [4.69, 9.17) is 4.74 Å². The van der Waals surface area contributed by atoms with Gasteiger partial charge >= 0.3 is 11.9 Å². The smallest absolute Gasteiger partial charge is 0.311 e. The summed E-state index contributed by atoms with van der Waals surface area (Å²) in [6, 6.07) is 0.454. The highest BCUT2D eigenvalue weighted by molar-refractivity contribution is 5.78. The van der Waals surface area contributed by atoms with Gasteiger partial charge in [0.05, 0.1) is 17.9 Å². The second kappa shape index (κ2) is 15.0. The van der Waals surface area contributed by atoms with Crippen LogP contribution in [0.2, 0.25) is 0 Å². The molecule has 1 atom stereocenters. The molecule has 1 amide bonds. The monoisotopic (exact) mass is 427 g/mol. The third kappa shape index (κ3) is 11.4. The molecular formula is C24H45NO5. The first-order chi connectivity index (χ1) is 13.8. The fourth-order valence-electron chi connectivity index (χ4n) is 2.25. The summed E-state index contributed by atoms with van der Waals surface area (Å²) in [4.78, 5) is 35.1. The second-order valence-electron chi connectivity index (χ2n) is 8.80. The molecule has 30 heavy (non-hydrogen) atoms. The van der Waals surface area contributed by atoms with Crippen molar-refractivity contribution in [2.24, 2.45) is 10.8 Å². The molecule has 0 saturated carbocycles. The van der Waals surface area contributed by atoms with Gasteiger partial charge in [-0.05, 0) is 60.3 Å². The van der Waals surface area contributed by atoms with Crippen molar-refractivity contribution in [1.82, 2.24) is 4.90 Å². The van der Waals surface area contributed by atoms with E-state index in [9.17, 15) is 14.4 Å². The first-order valence-electron chi connectivity index (χ1n) is 11.0. The minimum absolute atomic E-state index is 0.134. The molecule has 0 aromatic rings. The van der Waals surface area contributed by atoms with Crippen molar-refractivity contribution in [3.8, 4) is 0 Å². The molecule has 176 valence electrons. The maximum Gasteiger partial charge on any atom is 0.311 e. The van der Waals surface area contributed by atoms with Crippen LogP contribution < -0.4 is 0 Å².